The molecule has 0 radical (unpaired) electrons. The monoisotopic (exact) mass is 504 g/mol. The number of imidazole rings is 1. The number of carbonyl (C=O) groups is 1. The van der Waals surface area contributed by atoms with Crippen molar-refractivity contribution in [3.05, 3.63) is 18.2 Å². The summed E-state index contributed by atoms with van der Waals surface area (Å²) in [7, 11) is 1.78. The van der Waals surface area contributed by atoms with E-state index in [1.165, 1.54) is 0 Å². The van der Waals surface area contributed by atoms with Gasteiger partial charge >= 0.3 is 0 Å². The smallest absolute Gasteiger partial charge is 0.223 e. The molecular weight excluding hydrogens is 467 g/mol. The minimum Gasteiger partial charge on any atom is -0.354 e. The van der Waals surface area contributed by atoms with Crippen LogP contribution in [-0.4, -0.2) is 40.5 Å². The third-order valence-electron chi connectivity index (χ3n) is 4.82. The van der Waals surface area contributed by atoms with Crippen LogP contribution in [0, 0.1) is 11.8 Å². The number of aliphatic imine (C=N–C) groups is 1. The van der Waals surface area contributed by atoms with Gasteiger partial charge in [0.1, 0.15) is 5.82 Å². The van der Waals surface area contributed by atoms with Crippen molar-refractivity contribution in [2.45, 2.75) is 78.6 Å². The maximum atomic E-state index is 12.3. The summed E-state index contributed by atoms with van der Waals surface area (Å²) in [5, 5.41) is 9.89. The zero-order chi connectivity index (χ0) is 19.8. The number of hydrogen-bond donors (Lipinski definition) is 3. The molecule has 1 heterocycles. The van der Waals surface area contributed by atoms with E-state index >= 15 is 0 Å². The first kappa shape index (κ1) is 24.7. The van der Waals surface area contributed by atoms with Crippen LogP contribution in [0.25, 0.3) is 0 Å². The molecule has 1 fully saturated rings. The van der Waals surface area contributed by atoms with Gasteiger partial charge in [0.05, 0.1) is 6.54 Å². The largest absolute Gasteiger partial charge is 0.354 e. The van der Waals surface area contributed by atoms with Gasteiger partial charge in [0.25, 0.3) is 0 Å². The molecule has 0 bridgehead atoms. The van der Waals surface area contributed by atoms with Crippen LogP contribution >= 0.6 is 24.0 Å². The first-order valence-electron chi connectivity index (χ1n) is 10.2. The Bertz CT molecular complexity index is 628. The molecule has 0 aliphatic heterocycles. The fourth-order valence-electron chi connectivity index (χ4n) is 3.58. The van der Waals surface area contributed by atoms with E-state index < -0.39 is 0 Å². The maximum absolute atomic E-state index is 12.3. The van der Waals surface area contributed by atoms with Crippen LogP contribution in [0.1, 0.15) is 59.2 Å². The Morgan fingerprint density at radius 2 is 2.07 bits per heavy atom. The average Bonchev–Trinajstić information content (AvgIpc) is 3.04. The normalized spacial score (nSPS) is 20.0. The number of rotatable bonds is 7. The summed E-state index contributed by atoms with van der Waals surface area (Å²) in [5.41, 5.74) is 0. The Hall–Kier alpha value is -1.32. The highest BCUT2D eigenvalue weighted by Gasteiger charge is 2.28. The molecule has 1 aromatic heterocycles. The van der Waals surface area contributed by atoms with E-state index in [9.17, 15) is 4.79 Å². The van der Waals surface area contributed by atoms with Crippen molar-refractivity contribution in [2.24, 2.45) is 16.8 Å². The molecule has 2 rings (SSSR count). The van der Waals surface area contributed by atoms with Crippen molar-refractivity contribution in [3.8, 4) is 0 Å². The number of amides is 1. The molecule has 0 spiro atoms. The SMILES string of the molecule is CN=C(NCc1nccn1CC(C)C)NC1CCCC(C(=O)NC(C)C)C1.I. The van der Waals surface area contributed by atoms with E-state index in [1.54, 1.807) is 7.05 Å². The molecule has 2 atom stereocenters. The lowest BCUT2D eigenvalue weighted by atomic mass is 9.85. The molecule has 2 unspecified atom stereocenters. The van der Waals surface area contributed by atoms with Crippen molar-refractivity contribution in [1.82, 2.24) is 25.5 Å². The third kappa shape index (κ3) is 7.97. The Morgan fingerprint density at radius 1 is 1.32 bits per heavy atom. The zero-order valence-electron chi connectivity index (χ0n) is 17.9. The predicted molar refractivity (Wildman–Crippen MR) is 125 cm³/mol. The Morgan fingerprint density at radius 3 is 2.71 bits per heavy atom. The molecular formula is C20H37IN6O. The summed E-state index contributed by atoms with van der Waals surface area (Å²) >= 11 is 0. The van der Waals surface area contributed by atoms with Crippen molar-refractivity contribution in [3.63, 3.8) is 0 Å². The van der Waals surface area contributed by atoms with Gasteiger partial charge in [-0.1, -0.05) is 20.3 Å². The molecule has 0 saturated heterocycles. The minimum atomic E-state index is 0. The van der Waals surface area contributed by atoms with Crippen molar-refractivity contribution >= 4 is 35.8 Å². The van der Waals surface area contributed by atoms with Gasteiger partial charge in [0, 0.05) is 44.0 Å². The van der Waals surface area contributed by atoms with E-state index in [0.29, 0.717) is 12.5 Å². The molecule has 0 aromatic carbocycles. The van der Waals surface area contributed by atoms with E-state index in [-0.39, 0.29) is 47.9 Å². The number of carbonyl (C=O) groups excluding carboxylic acids is 1. The summed E-state index contributed by atoms with van der Waals surface area (Å²) in [6.07, 6.45) is 7.80. The van der Waals surface area contributed by atoms with E-state index in [4.69, 9.17) is 0 Å². The maximum Gasteiger partial charge on any atom is 0.223 e. The van der Waals surface area contributed by atoms with Gasteiger partial charge in [0.15, 0.2) is 5.96 Å². The van der Waals surface area contributed by atoms with E-state index in [0.717, 1.165) is 44.0 Å². The second kappa shape index (κ2) is 12.3. The number of hydrogen-bond acceptors (Lipinski definition) is 3. The molecule has 1 aliphatic rings. The molecule has 1 saturated carbocycles. The highest BCUT2D eigenvalue weighted by Crippen LogP contribution is 2.24. The van der Waals surface area contributed by atoms with E-state index in [1.807, 2.05) is 26.2 Å². The number of aromatic nitrogens is 2. The summed E-state index contributed by atoms with van der Waals surface area (Å²) in [5.74, 6) is 2.61. The molecule has 1 aliphatic carbocycles. The van der Waals surface area contributed by atoms with Crippen LogP contribution in [0.4, 0.5) is 0 Å². The number of nitrogens with zero attached hydrogens (tertiary/aromatic N) is 3. The first-order chi connectivity index (χ1) is 12.9. The van der Waals surface area contributed by atoms with Gasteiger partial charge in [-0.25, -0.2) is 4.98 Å². The minimum absolute atomic E-state index is 0. The number of halogens is 1. The number of guanidine groups is 1. The topological polar surface area (TPSA) is 83.3 Å². The second-order valence-electron chi connectivity index (χ2n) is 8.18. The van der Waals surface area contributed by atoms with Gasteiger partial charge in [-0.15, -0.1) is 24.0 Å². The van der Waals surface area contributed by atoms with Crippen LogP contribution in [0.2, 0.25) is 0 Å². The van der Waals surface area contributed by atoms with Gasteiger partial charge in [0.2, 0.25) is 5.91 Å². The van der Waals surface area contributed by atoms with Crippen LogP contribution < -0.4 is 16.0 Å². The second-order valence-corrected chi connectivity index (χ2v) is 8.18. The molecule has 8 heteroatoms. The van der Waals surface area contributed by atoms with Gasteiger partial charge < -0.3 is 20.5 Å². The third-order valence-corrected chi connectivity index (χ3v) is 4.82. The fraction of sp³-hybridized carbons (Fsp3) is 0.750. The quantitative estimate of drug-likeness (QED) is 0.303. The summed E-state index contributed by atoms with van der Waals surface area (Å²) < 4.78 is 2.18. The van der Waals surface area contributed by atoms with Crippen LogP contribution in [0.5, 0.6) is 0 Å². The highest BCUT2D eigenvalue weighted by atomic mass is 127. The van der Waals surface area contributed by atoms with Gasteiger partial charge in [-0.2, -0.15) is 0 Å². The fourth-order valence-corrected chi connectivity index (χ4v) is 3.58. The van der Waals surface area contributed by atoms with Crippen LogP contribution in [-0.2, 0) is 17.9 Å². The molecule has 28 heavy (non-hydrogen) atoms. The molecule has 1 amide bonds. The standard InChI is InChI=1S/C20H36N6O.HI/c1-14(2)13-26-10-9-22-18(26)12-23-20(21-5)25-17-8-6-7-16(11-17)19(27)24-15(3)4;/h9-10,14-17H,6-8,11-13H2,1-5H3,(H,24,27)(H2,21,23,25);1H. The Balaban J connectivity index is 0.00000392. The molecule has 1 aromatic rings. The van der Waals surface area contributed by atoms with Crippen molar-refractivity contribution in [2.75, 3.05) is 7.05 Å². The molecule has 3 N–H and O–H groups in total. The molecule has 7 nitrogen and oxygen atoms in total. The van der Waals surface area contributed by atoms with Gasteiger partial charge in [-0.05, 0) is 39.0 Å². The Labute approximate surface area is 186 Å². The van der Waals surface area contributed by atoms with Crippen molar-refractivity contribution in [1.29, 1.82) is 0 Å². The predicted octanol–water partition coefficient (Wildman–Crippen LogP) is 2.91. The Kier molecular flexibility index (Phi) is 10.8. The first-order valence-corrected chi connectivity index (χ1v) is 10.2. The summed E-state index contributed by atoms with van der Waals surface area (Å²) in [4.78, 5) is 21.1. The lowest BCUT2D eigenvalue weighted by Gasteiger charge is -2.30. The summed E-state index contributed by atoms with van der Waals surface area (Å²) in [6.45, 7) is 10.00. The summed E-state index contributed by atoms with van der Waals surface area (Å²) in [6, 6.07) is 0.457. The number of nitrogens with one attached hydrogen (secondary N) is 3. The van der Waals surface area contributed by atoms with Crippen molar-refractivity contribution < 1.29 is 4.79 Å². The zero-order valence-corrected chi connectivity index (χ0v) is 20.2. The van der Waals surface area contributed by atoms with Crippen LogP contribution in [0.3, 0.4) is 0 Å². The van der Waals surface area contributed by atoms with Gasteiger partial charge in [-0.3, -0.25) is 9.79 Å². The highest BCUT2D eigenvalue weighted by molar-refractivity contribution is 14.0. The average molecular weight is 504 g/mol. The van der Waals surface area contributed by atoms with Crippen LogP contribution in [0.15, 0.2) is 17.4 Å². The molecule has 160 valence electrons. The lowest BCUT2D eigenvalue weighted by molar-refractivity contribution is -0.126. The lowest BCUT2D eigenvalue weighted by Crippen LogP contribution is -2.47. The van der Waals surface area contributed by atoms with E-state index in [2.05, 4.69) is 44.3 Å².